The summed E-state index contributed by atoms with van der Waals surface area (Å²) < 4.78 is 67.6. The summed E-state index contributed by atoms with van der Waals surface area (Å²) in [6.07, 6.45) is -4.63. The third-order valence-corrected chi connectivity index (χ3v) is 10.9. The predicted molar refractivity (Wildman–Crippen MR) is 239 cm³/mol. The maximum absolute atomic E-state index is 14.9. The van der Waals surface area contributed by atoms with Crippen molar-refractivity contribution in [1.82, 2.24) is 10.2 Å². The molecule has 0 aromatic heterocycles. The molecule has 1 fully saturated rings. The number of amides is 2. The number of rotatable bonds is 17. The van der Waals surface area contributed by atoms with Crippen molar-refractivity contribution in [2.45, 2.75) is 94.4 Å². The minimum atomic E-state index is -4.74. The Morgan fingerprint density at radius 2 is 1.46 bits per heavy atom. The molecule has 1 heterocycles. The van der Waals surface area contributed by atoms with Crippen LogP contribution in [-0.2, 0) is 55.1 Å². The van der Waals surface area contributed by atoms with Gasteiger partial charge in [-0.05, 0) is 56.5 Å². The van der Waals surface area contributed by atoms with E-state index in [1.807, 2.05) is 66.7 Å². The highest BCUT2D eigenvalue weighted by atomic mass is 19.4. The number of carbonyl (C=O) groups excluding carboxylic acids is 5. The molecular weight excluding hydrogens is 874 g/mol. The molecule has 13 nitrogen and oxygen atoms in total. The molecule has 5 unspecified atom stereocenters. The predicted octanol–water partition coefficient (Wildman–Crippen LogP) is 7.01. The van der Waals surface area contributed by atoms with Crippen LogP contribution in [0, 0.1) is 0 Å². The number of esters is 3. The highest BCUT2D eigenvalue weighted by molar-refractivity contribution is 5.98. The molecule has 0 bridgehead atoms. The first-order valence-electron chi connectivity index (χ1n) is 21.7. The van der Waals surface area contributed by atoms with Crippen molar-refractivity contribution in [1.29, 1.82) is 0 Å². The fraction of sp³-hybridized carbons (Fsp3) is 0.353. The maximum atomic E-state index is 14.9. The molecule has 1 saturated heterocycles. The zero-order valence-electron chi connectivity index (χ0n) is 37.4. The first-order chi connectivity index (χ1) is 31.9. The molecule has 354 valence electrons. The van der Waals surface area contributed by atoms with E-state index in [1.54, 1.807) is 57.2 Å². The number of halogens is 3. The van der Waals surface area contributed by atoms with Crippen LogP contribution in [0.15, 0.2) is 133 Å². The van der Waals surface area contributed by atoms with Crippen LogP contribution in [0.4, 0.5) is 13.2 Å². The topological polar surface area (TPSA) is 167 Å². The Morgan fingerprint density at radius 1 is 0.866 bits per heavy atom. The van der Waals surface area contributed by atoms with E-state index in [0.29, 0.717) is 11.1 Å². The van der Waals surface area contributed by atoms with E-state index in [1.165, 1.54) is 30.1 Å². The van der Waals surface area contributed by atoms with E-state index >= 15 is 0 Å². The number of alkyl halides is 3. The number of nitrogens with zero attached hydrogens (tertiary/aromatic N) is 1. The maximum Gasteiger partial charge on any atom is 0.422 e. The fourth-order valence-electron chi connectivity index (χ4n) is 7.77. The zero-order valence-corrected chi connectivity index (χ0v) is 37.4. The molecule has 16 heteroatoms. The van der Waals surface area contributed by atoms with E-state index in [4.69, 9.17) is 18.9 Å². The summed E-state index contributed by atoms with van der Waals surface area (Å²) in [7, 11) is 1.46. The zero-order chi connectivity index (χ0) is 48.4. The third-order valence-electron chi connectivity index (χ3n) is 10.9. The van der Waals surface area contributed by atoms with Gasteiger partial charge in [-0.3, -0.25) is 14.4 Å². The van der Waals surface area contributed by atoms with Crippen molar-refractivity contribution in [3.63, 3.8) is 0 Å². The first-order valence-corrected chi connectivity index (χ1v) is 21.7. The average molecular weight is 927 g/mol. The fourth-order valence-corrected chi connectivity index (χ4v) is 7.77. The highest BCUT2D eigenvalue weighted by Gasteiger charge is 2.55. The molecule has 2 N–H and O–H groups in total. The van der Waals surface area contributed by atoms with Crippen molar-refractivity contribution in [2.75, 3.05) is 20.3 Å². The number of carbonyl (C=O) groups is 5. The number of hydrogen-bond donors (Lipinski definition) is 2. The van der Waals surface area contributed by atoms with E-state index in [2.05, 4.69) is 10.1 Å². The van der Waals surface area contributed by atoms with Crippen LogP contribution in [0.1, 0.15) is 72.6 Å². The van der Waals surface area contributed by atoms with Gasteiger partial charge in [-0.25, -0.2) is 9.59 Å². The van der Waals surface area contributed by atoms with Gasteiger partial charge >= 0.3 is 24.1 Å². The van der Waals surface area contributed by atoms with Gasteiger partial charge in [-0.1, -0.05) is 109 Å². The second-order valence-corrected chi connectivity index (χ2v) is 17.1. The van der Waals surface area contributed by atoms with Crippen LogP contribution in [-0.4, -0.2) is 102 Å². The van der Waals surface area contributed by atoms with Gasteiger partial charge in [-0.2, -0.15) is 13.2 Å². The van der Waals surface area contributed by atoms with E-state index in [-0.39, 0.29) is 42.4 Å². The van der Waals surface area contributed by atoms with Crippen LogP contribution < -0.4 is 5.32 Å². The number of ether oxygens (including phenoxy) is 5. The molecule has 6 rings (SSSR count). The molecule has 0 saturated carbocycles. The van der Waals surface area contributed by atoms with E-state index < -0.39 is 90.9 Å². The third kappa shape index (κ3) is 13.3. The summed E-state index contributed by atoms with van der Waals surface area (Å²) >= 11 is 0. The van der Waals surface area contributed by atoms with Crippen LogP contribution in [0.3, 0.4) is 0 Å². The Hall–Kier alpha value is -6.62. The van der Waals surface area contributed by atoms with Crippen molar-refractivity contribution >= 4 is 35.8 Å². The smallest absolute Gasteiger partial charge is 0.422 e. The summed E-state index contributed by atoms with van der Waals surface area (Å²) in [5, 5.41) is 13.1. The standard InChI is InChI=1S/C51H53F3N2O11/c1-49(2,3)66-44(59)27-25-38(31-57)55-46(60)40(28-33-16-8-5-9-17-33)56(4)47(61)35-29-41(64-48(62)39-23-15-14-18-34(39)24-26-43(58)63-32-50(52,53)54)45-42(30-35)65-51(67-45,36-19-10-6-11-20-36)37-21-12-7-13-22-37/h5-24,26,30,38,40-42,45,57H,25,27-29,31-32H2,1-4H3,(H,55,60). The van der Waals surface area contributed by atoms with Gasteiger partial charge in [0.05, 0.1) is 18.2 Å². The molecule has 1 aliphatic heterocycles. The van der Waals surface area contributed by atoms with Crippen molar-refractivity contribution in [3.8, 4) is 0 Å². The lowest BCUT2D eigenvalue weighted by atomic mass is 9.90. The second-order valence-electron chi connectivity index (χ2n) is 17.1. The number of benzene rings is 4. The van der Waals surface area contributed by atoms with Crippen LogP contribution in [0.5, 0.6) is 0 Å². The summed E-state index contributed by atoms with van der Waals surface area (Å²) in [5.41, 5.74) is 1.41. The van der Waals surface area contributed by atoms with Gasteiger partial charge in [0, 0.05) is 49.1 Å². The lowest BCUT2D eigenvalue weighted by Crippen LogP contribution is -2.53. The quantitative estimate of drug-likeness (QED) is 0.0635. The molecular formula is C51H53F3N2O11. The highest BCUT2D eigenvalue weighted by Crippen LogP contribution is 2.47. The SMILES string of the molecule is CN(C(=O)C1=CC2OC(c3ccccc3)(c3ccccc3)OC2C(OC(=O)c2ccccc2C=CC(=O)OCC(F)(F)F)C1)C(Cc1ccccc1)C(=O)NC(CO)CCC(=O)OC(C)(C)C. The van der Waals surface area contributed by atoms with Crippen molar-refractivity contribution < 1.29 is 65.9 Å². The van der Waals surface area contributed by atoms with Gasteiger partial charge in [0.25, 0.3) is 0 Å². The summed E-state index contributed by atoms with van der Waals surface area (Å²) in [5.74, 6) is -5.44. The van der Waals surface area contributed by atoms with Crippen LogP contribution in [0.25, 0.3) is 6.08 Å². The van der Waals surface area contributed by atoms with Crippen molar-refractivity contribution in [2.24, 2.45) is 0 Å². The van der Waals surface area contributed by atoms with Gasteiger partial charge in [-0.15, -0.1) is 0 Å². The van der Waals surface area contributed by atoms with Crippen molar-refractivity contribution in [3.05, 3.63) is 161 Å². The van der Waals surface area contributed by atoms with Gasteiger partial charge in [0.2, 0.25) is 17.6 Å². The Morgan fingerprint density at radius 3 is 2.06 bits per heavy atom. The molecule has 1 aliphatic carbocycles. The van der Waals surface area contributed by atoms with E-state index in [9.17, 15) is 42.3 Å². The molecule has 67 heavy (non-hydrogen) atoms. The Labute approximate surface area is 386 Å². The number of aliphatic hydroxyl groups is 1. The second kappa shape index (κ2) is 21.8. The van der Waals surface area contributed by atoms with Crippen LogP contribution in [0.2, 0.25) is 0 Å². The van der Waals surface area contributed by atoms with Gasteiger partial charge in [0.1, 0.15) is 30.0 Å². The van der Waals surface area contributed by atoms with Gasteiger partial charge < -0.3 is 39.0 Å². The van der Waals surface area contributed by atoms with E-state index in [0.717, 1.165) is 17.7 Å². The number of aliphatic hydroxyl groups excluding tert-OH is 1. The molecule has 0 spiro atoms. The first kappa shape index (κ1) is 49.8. The number of nitrogens with one attached hydrogen (secondary N) is 1. The Bertz CT molecular complexity index is 2380. The van der Waals surface area contributed by atoms with Crippen LogP contribution >= 0.6 is 0 Å². The lowest BCUT2D eigenvalue weighted by Gasteiger charge is -2.34. The summed E-state index contributed by atoms with van der Waals surface area (Å²) in [4.78, 5) is 69.2. The monoisotopic (exact) mass is 926 g/mol. The minimum Gasteiger partial charge on any atom is -0.460 e. The number of likely N-dealkylation sites (N-methyl/N-ethyl adjacent to an activating group) is 1. The Balaban J connectivity index is 1.32. The summed E-state index contributed by atoms with van der Waals surface area (Å²) in [6, 6.07) is 31.1. The summed E-state index contributed by atoms with van der Waals surface area (Å²) in [6.45, 7) is 2.91. The molecule has 5 atom stereocenters. The molecule has 0 radical (unpaired) electrons. The molecule has 2 amide bonds. The minimum absolute atomic E-state index is 0.0560. The molecule has 4 aromatic carbocycles. The number of hydrogen-bond acceptors (Lipinski definition) is 11. The Kier molecular flexibility index (Phi) is 16.2. The largest absolute Gasteiger partial charge is 0.460 e. The molecule has 2 aliphatic rings. The lowest BCUT2D eigenvalue weighted by molar-refractivity contribution is -0.182. The van der Waals surface area contributed by atoms with Gasteiger partial charge in [0.15, 0.2) is 6.61 Å². The average Bonchev–Trinajstić information content (AvgIpc) is 3.72. The number of fused-ring (bicyclic) bond motifs is 1. The normalized spacial score (nSPS) is 18.7. The molecule has 4 aromatic rings.